The minimum Gasteiger partial charge on any atom is -0.491 e. The van der Waals surface area contributed by atoms with E-state index in [0.717, 1.165) is 4.47 Å². The van der Waals surface area contributed by atoms with Crippen molar-refractivity contribution in [3.8, 4) is 5.75 Å². The Morgan fingerprint density at radius 3 is 2.54 bits per heavy atom. The monoisotopic (exact) mass is 247 g/mol. The fourth-order valence-electron chi connectivity index (χ4n) is 0.786. The quantitative estimate of drug-likeness (QED) is 0.885. The Hall–Kier alpha value is -0.610. The molecule has 0 amide bonds. The van der Waals surface area contributed by atoms with E-state index in [-0.39, 0.29) is 13.2 Å². The summed E-state index contributed by atoms with van der Waals surface area (Å²) in [7, 11) is 0. The summed E-state index contributed by atoms with van der Waals surface area (Å²) in [5.74, 6) is 0.652. The van der Waals surface area contributed by atoms with Gasteiger partial charge in [0.1, 0.15) is 18.5 Å². The molecule has 0 saturated carbocycles. The summed E-state index contributed by atoms with van der Waals surface area (Å²) in [5, 5.41) is 0. The lowest BCUT2D eigenvalue weighted by molar-refractivity contribution is 0.201. The van der Waals surface area contributed by atoms with Gasteiger partial charge in [-0.15, -0.1) is 0 Å². The zero-order chi connectivity index (χ0) is 9.68. The number of halogens is 2. The molecule has 0 heterocycles. The number of rotatable bonds is 4. The highest BCUT2D eigenvalue weighted by atomic mass is 79.9. The highest BCUT2D eigenvalue weighted by Gasteiger charge is 2.03. The van der Waals surface area contributed by atoms with Crippen LogP contribution in [0.5, 0.6) is 5.75 Å². The number of hydrogen-bond donors (Lipinski definition) is 1. The van der Waals surface area contributed by atoms with Gasteiger partial charge in [0.05, 0.1) is 0 Å². The van der Waals surface area contributed by atoms with E-state index < -0.39 is 6.17 Å². The molecule has 0 radical (unpaired) electrons. The third-order valence-corrected chi connectivity index (χ3v) is 2.03. The average Bonchev–Trinajstić information content (AvgIpc) is 2.16. The number of hydrogen-bond acceptors (Lipinski definition) is 2. The summed E-state index contributed by atoms with van der Waals surface area (Å²) >= 11 is 3.29. The molecule has 1 aromatic rings. The molecule has 0 aromatic heterocycles. The van der Waals surface area contributed by atoms with Crippen LogP contribution in [0.2, 0.25) is 0 Å². The van der Waals surface area contributed by atoms with E-state index in [2.05, 4.69) is 15.9 Å². The van der Waals surface area contributed by atoms with Crippen molar-refractivity contribution in [3.05, 3.63) is 28.7 Å². The average molecular weight is 248 g/mol. The van der Waals surface area contributed by atoms with Crippen LogP contribution < -0.4 is 10.5 Å². The van der Waals surface area contributed by atoms with E-state index >= 15 is 0 Å². The van der Waals surface area contributed by atoms with Crippen LogP contribution in [0.15, 0.2) is 28.7 Å². The van der Waals surface area contributed by atoms with Crippen molar-refractivity contribution in [1.29, 1.82) is 0 Å². The zero-order valence-corrected chi connectivity index (χ0v) is 8.63. The van der Waals surface area contributed by atoms with E-state index in [9.17, 15) is 4.39 Å². The maximum absolute atomic E-state index is 12.6. The summed E-state index contributed by atoms with van der Waals surface area (Å²) in [6.45, 7) is 0.00859. The van der Waals surface area contributed by atoms with Crippen LogP contribution in [0.3, 0.4) is 0 Å². The Morgan fingerprint density at radius 1 is 1.38 bits per heavy atom. The number of benzene rings is 1. The van der Waals surface area contributed by atoms with Crippen molar-refractivity contribution >= 4 is 15.9 Å². The lowest BCUT2D eigenvalue weighted by Crippen LogP contribution is -2.22. The first kappa shape index (κ1) is 10.5. The molecule has 0 spiro atoms. The summed E-state index contributed by atoms with van der Waals surface area (Å²) in [6.07, 6.45) is -1.09. The van der Waals surface area contributed by atoms with Crippen LogP contribution in [0, 0.1) is 0 Å². The van der Waals surface area contributed by atoms with Gasteiger partial charge in [-0.25, -0.2) is 4.39 Å². The summed E-state index contributed by atoms with van der Waals surface area (Å²) in [5.41, 5.74) is 5.10. The van der Waals surface area contributed by atoms with Crippen LogP contribution in [-0.2, 0) is 0 Å². The molecule has 4 heteroatoms. The first-order valence-corrected chi connectivity index (χ1v) is 4.74. The van der Waals surface area contributed by atoms with Crippen molar-refractivity contribution in [2.75, 3.05) is 13.2 Å². The standard InChI is InChI=1S/C9H11BrFNO/c10-7-1-3-9(4-2-7)13-6-8(11)5-12/h1-4,8H,5-6,12H2. The molecule has 0 saturated heterocycles. The van der Waals surface area contributed by atoms with Crippen LogP contribution >= 0.6 is 15.9 Å². The number of ether oxygens (including phenoxy) is 1. The Morgan fingerprint density at radius 2 is 2.00 bits per heavy atom. The van der Waals surface area contributed by atoms with E-state index in [4.69, 9.17) is 10.5 Å². The van der Waals surface area contributed by atoms with Gasteiger partial charge in [0.2, 0.25) is 0 Å². The van der Waals surface area contributed by atoms with Crippen molar-refractivity contribution in [3.63, 3.8) is 0 Å². The van der Waals surface area contributed by atoms with Crippen molar-refractivity contribution < 1.29 is 9.13 Å². The van der Waals surface area contributed by atoms with Crippen LogP contribution in [-0.4, -0.2) is 19.3 Å². The Labute approximate surface area is 85.0 Å². The normalized spacial score (nSPS) is 12.5. The Kier molecular flexibility index (Phi) is 4.18. The van der Waals surface area contributed by atoms with Gasteiger partial charge in [-0.3, -0.25) is 0 Å². The smallest absolute Gasteiger partial charge is 0.146 e. The molecule has 0 aliphatic carbocycles. The number of nitrogens with two attached hydrogens (primary N) is 1. The SMILES string of the molecule is NCC(F)COc1ccc(Br)cc1. The third kappa shape index (κ3) is 3.74. The zero-order valence-electron chi connectivity index (χ0n) is 7.04. The fraction of sp³-hybridized carbons (Fsp3) is 0.333. The molecule has 2 N–H and O–H groups in total. The topological polar surface area (TPSA) is 35.2 Å². The van der Waals surface area contributed by atoms with Crippen LogP contribution in [0.25, 0.3) is 0 Å². The van der Waals surface area contributed by atoms with Crippen molar-refractivity contribution in [1.82, 2.24) is 0 Å². The molecular formula is C9H11BrFNO. The molecule has 1 aromatic carbocycles. The lowest BCUT2D eigenvalue weighted by atomic mass is 10.3. The first-order chi connectivity index (χ1) is 6.22. The second kappa shape index (κ2) is 5.19. The van der Waals surface area contributed by atoms with Gasteiger partial charge in [0.15, 0.2) is 0 Å². The lowest BCUT2D eigenvalue weighted by Gasteiger charge is -2.07. The Balaban J connectivity index is 2.41. The fourth-order valence-corrected chi connectivity index (χ4v) is 1.05. The van der Waals surface area contributed by atoms with Gasteiger partial charge >= 0.3 is 0 Å². The van der Waals surface area contributed by atoms with Gasteiger partial charge in [0.25, 0.3) is 0 Å². The predicted molar refractivity (Wildman–Crippen MR) is 53.6 cm³/mol. The molecule has 2 nitrogen and oxygen atoms in total. The molecule has 0 bridgehead atoms. The summed E-state index contributed by atoms with van der Waals surface area (Å²) in [4.78, 5) is 0. The molecule has 0 aliphatic rings. The minimum atomic E-state index is -1.09. The molecule has 1 rings (SSSR count). The predicted octanol–water partition coefficient (Wildman–Crippen LogP) is 2.12. The molecule has 13 heavy (non-hydrogen) atoms. The van der Waals surface area contributed by atoms with Crippen LogP contribution in [0.4, 0.5) is 4.39 Å². The molecule has 0 fully saturated rings. The highest BCUT2D eigenvalue weighted by molar-refractivity contribution is 9.10. The van der Waals surface area contributed by atoms with Gasteiger partial charge in [-0.1, -0.05) is 15.9 Å². The first-order valence-electron chi connectivity index (χ1n) is 3.95. The van der Waals surface area contributed by atoms with Crippen molar-refractivity contribution in [2.24, 2.45) is 5.73 Å². The van der Waals surface area contributed by atoms with Gasteiger partial charge in [-0.05, 0) is 24.3 Å². The number of alkyl halides is 1. The summed E-state index contributed by atoms with van der Waals surface area (Å²) < 4.78 is 18.7. The third-order valence-electron chi connectivity index (χ3n) is 1.50. The highest BCUT2D eigenvalue weighted by Crippen LogP contribution is 2.16. The van der Waals surface area contributed by atoms with Gasteiger partial charge in [-0.2, -0.15) is 0 Å². The van der Waals surface area contributed by atoms with E-state index in [1.165, 1.54) is 0 Å². The van der Waals surface area contributed by atoms with Gasteiger partial charge < -0.3 is 10.5 Å². The second-order valence-electron chi connectivity index (χ2n) is 2.60. The minimum absolute atomic E-state index is 0.00344. The molecule has 1 atom stereocenters. The summed E-state index contributed by atoms with van der Waals surface area (Å²) in [6, 6.07) is 7.22. The molecule has 72 valence electrons. The van der Waals surface area contributed by atoms with Crippen molar-refractivity contribution in [2.45, 2.75) is 6.17 Å². The van der Waals surface area contributed by atoms with Gasteiger partial charge in [0, 0.05) is 11.0 Å². The van der Waals surface area contributed by atoms with E-state index in [1.807, 2.05) is 12.1 Å². The molecule has 1 unspecified atom stereocenters. The second-order valence-corrected chi connectivity index (χ2v) is 3.51. The Bertz CT molecular complexity index is 252. The largest absolute Gasteiger partial charge is 0.491 e. The molecule has 0 aliphatic heterocycles. The maximum atomic E-state index is 12.6. The van der Waals surface area contributed by atoms with Crippen LogP contribution in [0.1, 0.15) is 0 Å². The molecular weight excluding hydrogens is 237 g/mol. The maximum Gasteiger partial charge on any atom is 0.146 e. The van der Waals surface area contributed by atoms with E-state index in [0.29, 0.717) is 5.75 Å². The van der Waals surface area contributed by atoms with E-state index in [1.54, 1.807) is 12.1 Å².